The number of piperidine rings is 1. The van der Waals surface area contributed by atoms with Gasteiger partial charge in [-0.2, -0.15) is 13.2 Å². The first-order chi connectivity index (χ1) is 10.3. The second kappa shape index (κ2) is 7.65. The molecule has 2 amide bonds. The number of anilines is 1. The Labute approximate surface area is 137 Å². The number of nitrogens with one attached hydrogen (secondary N) is 2. The van der Waals surface area contributed by atoms with Crippen molar-refractivity contribution in [2.24, 2.45) is 11.7 Å². The number of carbonyl (C=O) groups excluding carboxylic acids is 2. The largest absolute Gasteiger partial charge is 0.416 e. The normalized spacial score (nSPS) is 17.9. The molecule has 23 heavy (non-hydrogen) atoms. The minimum absolute atomic E-state index is 0. The van der Waals surface area contributed by atoms with Crippen molar-refractivity contribution in [3.8, 4) is 0 Å². The van der Waals surface area contributed by atoms with Gasteiger partial charge < -0.3 is 16.4 Å². The molecule has 1 aliphatic rings. The van der Waals surface area contributed by atoms with Crippen LogP contribution in [-0.4, -0.2) is 18.4 Å². The Kier molecular flexibility index (Phi) is 6.40. The Morgan fingerprint density at radius 3 is 2.61 bits per heavy atom. The van der Waals surface area contributed by atoms with Gasteiger partial charge >= 0.3 is 6.18 Å². The van der Waals surface area contributed by atoms with E-state index in [4.69, 9.17) is 5.73 Å². The molecule has 1 aliphatic heterocycles. The summed E-state index contributed by atoms with van der Waals surface area (Å²) in [6.45, 7) is 0.312. The van der Waals surface area contributed by atoms with Crippen molar-refractivity contribution in [3.63, 3.8) is 0 Å². The lowest BCUT2D eigenvalue weighted by Crippen LogP contribution is -2.38. The first-order valence-corrected chi connectivity index (χ1v) is 6.78. The number of carbonyl (C=O) groups is 2. The number of halogens is 4. The molecule has 1 atom stereocenters. The van der Waals surface area contributed by atoms with E-state index in [1.807, 2.05) is 0 Å². The average Bonchev–Trinajstić information content (AvgIpc) is 2.46. The highest BCUT2D eigenvalue weighted by atomic mass is 35.5. The fraction of sp³-hybridized carbons (Fsp3) is 0.429. The molecule has 1 saturated heterocycles. The summed E-state index contributed by atoms with van der Waals surface area (Å²) >= 11 is 0. The first-order valence-electron chi connectivity index (χ1n) is 6.78. The van der Waals surface area contributed by atoms with E-state index in [0.29, 0.717) is 13.0 Å². The predicted octanol–water partition coefficient (Wildman–Crippen LogP) is 2.05. The molecule has 4 N–H and O–H groups in total. The average molecular weight is 352 g/mol. The maximum absolute atomic E-state index is 12.8. The third-order valence-corrected chi connectivity index (χ3v) is 3.44. The van der Waals surface area contributed by atoms with Crippen molar-refractivity contribution in [1.82, 2.24) is 5.32 Å². The van der Waals surface area contributed by atoms with Gasteiger partial charge in [0.1, 0.15) is 0 Å². The summed E-state index contributed by atoms with van der Waals surface area (Å²) in [5.74, 6) is -1.24. The molecule has 1 aromatic carbocycles. The van der Waals surface area contributed by atoms with Crippen LogP contribution < -0.4 is 16.4 Å². The molecular weight excluding hydrogens is 335 g/mol. The Balaban J connectivity index is 0.00000264. The first kappa shape index (κ1) is 19.2. The van der Waals surface area contributed by atoms with Crippen molar-refractivity contribution < 1.29 is 22.8 Å². The van der Waals surface area contributed by atoms with Gasteiger partial charge in [0.05, 0.1) is 5.56 Å². The summed E-state index contributed by atoms with van der Waals surface area (Å²) in [5.41, 5.74) is 4.82. The lowest BCUT2D eigenvalue weighted by atomic mass is 9.96. The molecule has 0 bridgehead atoms. The van der Waals surface area contributed by atoms with Crippen LogP contribution in [0.1, 0.15) is 24.0 Å². The molecule has 5 nitrogen and oxygen atoms in total. The van der Waals surface area contributed by atoms with E-state index in [9.17, 15) is 22.8 Å². The van der Waals surface area contributed by atoms with Crippen LogP contribution in [0.15, 0.2) is 18.2 Å². The lowest BCUT2D eigenvalue weighted by Gasteiger charge is -2.21. The van der Waals surface area contributed by atoms with Crippen molar-refractivity contribution >= 4 is 29.9 Å². The number of benzene rings is 1. The summed E-state index contributed by atoms with van der Waals surface area (Å²) in [6.07, 6.45) is -4.02. The molecule has 1 unspecified atom stereocenters. The Morgan fingerprint density at radius 1 is 1.35 bits per heavy atom. The topological polar surface area (TPSA) is 84.2 Å². The van der Waals surface area contributed by atoms with Crippen LogP contribution in [0.5, 0.6) is 0 Å². The highest BCUT2D eigenvalue weighted by molar-refractivity contribution is 5.95. The van der Waals surface area contributed by atoms with E-state index in [-0.39, 0.29) is 42.5 Å². The van der Waals surface area contributed by atoms with E-state index in [1.54, 1.807) is 0 Å². The molecule has 0 spiro atoms. The van der Waals surface area contributed by atoms with Crippen LogP contribution in [0.2, 0.25) is 0 Å². The molecule has 1 fully saturated rings. The third-order valence-electron chi connectivity index (χ3n) is 3.44. The maximum atomic E-state index is 12.8. The second-order valence-corrected chi connectivity index (χ2v) is 5.15. The highest BCUT2D eigenvalue weighted by Gasteiger charge is 2.32. The molecule has 1 aromatic rings. The predicted molar refractivity (Wildman–Crippen MR) is 80.9 cm³/mol. The van der Waals surface area contributed by atoms with Gasteiger partial charge in [-0.3, -0.25) is 9.59 Å². The van der Waals surface area contributed by atoms with Crippen LogP contribution in [0.3, 0.4) is 0 Å². The van der Waals surface area contributed by atoms with E-state index < -0.39 is 23.6 Å². The van der Waals surface area contributed by atoms with Gasteiger partial charge in [0.25, 0.3) is 0 Å². The molecule has 0 radical (unpaired) electrons. The van der Waals surface area contributed by atoms with E-state index in [0.717, 1.165) is 12.1 Å². The minimum Gasteiger partial charge on any atom is -0.356 e. The lowest BCUT2D eigenvalue weighted by molar-refractivity contribution is -0.137. The summed E-state index contributed by atoms with van der Waals surface area (Å²) in [5, 5.41) is 5.04. The van der Waals surface area contributed by atoms with Gasteiger partial charge in [-0.25, -0.2) is 0 Å². The van der Waals surface area contributed by atoms with Gasteiger partial charge in [0, 0.05) is 31.1 Å². The number of alkyl halides is 3. The summed E-state index contributed by atoms with van der Waals surface area (Å²) in [4.78, 5) is 23.3. The van der Waals surface area contributed by atoms with E-state index in [2.05, 4.69) is 10.6 Å². The van der Waals surface area contributed by atoms with Crippen molar-refractivity contribution in [1.29, 1.82) is 0 Å². The van der Waals surface area contributed by atoms with Gasteiger partial charge in [-0.15, -0.1) is 12.4 Å². The minimum atomic E-state index is -4.52. The number of hydrogen-bond donors (Lipinski definition) is 3. The molecule has 0 aliphatic carbocycles. The third kappa shape index (κ3) is 5.11. The molecule has 0 saturated carbocycles. The Morgan fingerprint density at radius 2 is 2.04 bits per heavy atom. The standard InChI is InChI=1S/C14H16F3N3O2.ClH/c15-14(16,17)10-3-8(7-18)4-11(6-10)20-13(22)9-1-2-19-12(21)5-9;/h3-4,6,9H,1-2,5,7,18H2,(H,19,21)(H,20,22);1H. The van der Waals surface area contributed by atoms with E-state index in [1.165, 1.54) is 6.07 Å². The molecule has 0 aromatic heterocycles. The van der Waals surface area contributed by atoms with Crippen LogP contribution in [0.25, 0.3) is 0 Å². The van der Waals surface area contributed by atoms with Crippen LogP contribution in [-0.2, 0) is 22.3 Å². The number of hydrogen-bond acceptors (Lipinski definition) is 3. The smallest absolute Gasteiger partial charge is 0.356 e. The maximum Gasteiger partial charge on any atom is 0.416 e. The van der Waals surface area contributed by atoms with Gasteiger partial charge in [-0.1, -0.05) is 0 Å². The van der Waals surface area contributed by atoms with Gasteiger partial charge in [0.2, 0.25) is 11.8 Å². The summed E-state index contributed by atoms with van der Waals surface area (Å²) in [7, 11) is 0. The zero-order chi connectivity index (χ0) is 16.3. The van der Waals surface area contributed by atoms with Gasteiger partial charge in [0.15, 0.2) is 0 Å². The Hall–Kier alpha value is -1.80. The quantitative estimate of drug-likeness (QED) is 0.779. The molecule has 9 heteroatoms. The van der Waals surface area contributed by atoms with Crippen molar-refractivity contribution in [3.05, 3.63) is 29.3 Å². The van der Waals surface area contributed by atoms with Crippen LogP contribution in [0.4, 0.5) is 18.9 Å². The zero-order valence-electron chi connectivity index (χ0n) is 12.1. The number of amides is 2. The Bertz CT molecular complexity index is 593. The monoisotopic (exact) mass is 351 g/mol. The van der Waals surface area contributed by atoms with Gasteiger partial charge in [-0.05, 0) is 30.2 Å². The molecule has 2 rings (SSSR count). The SMILES string of the molecule is Cl.NCc1cc(NC(=O)C2CCNC(=O)C2)cc(C(F)(F)F)c1. The zero-order valence-corrected chi connectivity index (χ0v) is 12.9. The fourth-order valence-electron chi connectivity index (χ4n) is 2.30. The fourth-order valence-corrected chi connectivity index (χ4v) is 2.30. The van der Waals surface area contributed by atoms with Crippen LogP contribution in [0, 0.1) is 5.92 Å². The van der Waals surface area contributed by atoms with E-state index >= 15 is 0 Å². The molecule has 1 heterocycles. The highest BCUT2D eigenvalue weighted by Crippen LogP contribution is 2.32. The van der Waals surface area contributed by atoms with Crippen molar-refractivity contribution in [2.45, 2.75) is 25.6 Å². The summed E-state index contributed by atoms with van der Waals surface area (Å²) < 4.78 is 38.5. The second-order valence-electron chi connectivity index (χ2n) is 5.15. The number of rotatable bonds is 3. The number of nitrogens with two attached hydrogens (primary N) is 1. The molecular formula is C14H17ClF3N3O2. The molecule has 128 valence electrons. The van der Waals surface area contributed by atoms with Crippen LogP contribution >= 0.6 is 12.4 Å². The summed E-state index contributed by atoms with van der Waals surface area (Å²) in [6, 6.07) is 3.21. The van der Waals surface area contributed by atoms with Crippen molar-refractivity contribution in [2.75, 3.05) is 11.9 Å².